The van der Waals surface area contributed by atoms with Gasteiger partial charge in [-0.1, -0.05) is 55.2 Å². The third-order valence-electron chi connectivity index (χ3n) is 4.91. The highest BCUT2D eigenvalue weighted by Gasteiger charge is 2.37. The zero-order chi connectivity index (χ0) is 22.5. The van der Waals surface area contributed by atoms with Gasteiger partial charge in [-0.15, -0.1) is 0 Å². The van der Waals surface area contributed by atoms with Gasteiger partial charge in [0.1, 0.15) is 12.2 Å². The van der Waals surface area contributed by atoms with E-state index in [0.717, 1.165) is 16.8 Å². The minimum absolute atomic E-state index is 0.0227. The summed E-state index contributed by atoms with van der Waals surface area (Å²) >= 11 is 16.7. The number of anilines is 1. The van der Waals surface area contributed by atoms with Crippen LogP contribution >= 0.6 is 35.8 Å². The van der Waals surface area contributed by atoms with Crippen LogP contribution in [0.2, 0.25) is 10.0 Å². The summed E-state index contributed by atoms with van der Waals surface area (Å²) in [6.45, 7) is 4.66. The number of hydrogen-bond donors (Lipinski definition) is 1. The van der Waals surface area contributed by atoms with Crippen LogP contribution in [0, 0.1) is 5.92 Å². The molecule has 1 aliphatic heterocycles. The molecule has 0 saturated heterocycles. The first-order valence-electron chi connectivity index (χ1n) is 10.1. The third-order valence-corrected chi connectivity index (χ3v) is 5.75. The summed E-state index contributed by atoms with van der Waals surface area (Å²) in [5, 5.41) is 1.07. The van der Waals surface area contributed by atoms with Crippen LogP contribution in [0.1, 0.15) is 37.5 Å². The van der Waals surface area contributed by atoms with Crippen LogP contribution < -0.4 is 4.90 Å². The van der Waals surface area contributed by atoms with E-state index in [1.54, 1.807) is 17.0 Å². The lowest BCUT2D eigenvalue weighted by atomic mass is 9.99. The number of hydrogen-bond acceptors (Lipinski definition) is 5. The summed E-state index contributed by atoms with van der Waals surface area (Å²) in [6.07, 6.45) is -1.21. The maximum absolute atomic E-state index is 13.5. The Morgan fingerprint density at radius 2 is 1.94 bits per heavy atom. The molecule has 0 N–H and O–H groups in total. The van der Waals surface area contributed by atoms with Gasteiger partial charge in [0.15, 0.2) is 0 Å². The molecule has 2 aromatic rings. The predicted octanol–water partition coefficient (Wildman–Crippen LogP) is 5.33. The molecule has 1 amide bonds. The van der Waals surface area contributed by atoms with Crippen LogP contribution in [-0.2, 0) is 19.1 Å². The number of benzene rings is 2. The molecule has 0 radical (unpaired) electrons. The van der Waals surface area contributed by atoms with Crippen molar-refractivity contribution >= 4 is 53.4 Å². The molecule has 0 aromatic heterocycles. The smallest absolute Gasteiger partial charge is 0.315 e. The lowest BCUT2D eigenvalue weighted by molar-refractivity contribution is -0.144. The topological polar surface area (TPSA) is 55.8 Å². The molecule has 1 heterocycles. The molecule has 8 heteroatoms. The molecule has 1 aliphatic rings. The van der Waals surface area contributed by atoms with E-state index in [9.17, 15) is 9.59 Å². The number of carbonyl (C=O) groups is 2. The number of ether oxygens (including phenoxy) is 2. The van der Waals surface area contributed by atoms with Crippen LogP contribution in [0.4, 0.5) is 5.69 Å². The largest absolute Gasteiger partial charge is 0.465 e. The van der Waals surface area contributed by atoms with E-state index < -0.39 is 18.2 Å². The summed E-state index contributed by atoms with van der Waals surface area (Å²) in [7, 11) is 0. The third kappa shape index (κ3) is 5.75. The van der Waals surface area contributed by atoms with E-state index in [0.29, 0.717) is 16.6 Å². The van der Waals surface area contributed by atoms with Crippen molar-refractivity contribution in [2.45, 2.75) is 32.5 Å². The standard InChI is InChI=1S/C23H25Cl2NO4S/c1-14(2)12-26-19-8-7-15(24)11-17(19)22(16-5-3-4-6-18(16)25)30-20(23(26)28)9-10-29-21(27)13-31/h3-8,11,14,20,22,31H,9-10,12-13H2,1-2H3. The summed E-state index contributed by atoms with van der Waals surface area (Å²) in [4.78, 5) is 26.7. The second kappa shape index (κ2) is 10.7. The van der Waals surface area contributed by atoms with Crippen LogP contribution in [0.25, 0.3) is 0 Å². The van der Waals surface area contributed by atoms with Gasteiger partial charge in [0, 0.05) is 39.8 Å². The Morgan fingerprint density at radius 1 is 1.19 bits per heavy atom. The number of esters is 1. The zero-order valence-corrected chi connectivity index (χ0v) is 19.8. The minimum atomic E-state index is -0.820. The molecule has 0 fully saturated rings. The molecular formula is C23H25Cl2NO4S. The molecule has 0 saturated carbocycles. The number of fused-ring (bicyclic) bond motifs is 1. The highest BCUT2D eigenvalue weighted by atomic mass is 35.5. The normalized spacial score (nSPS) is 18.6. The van der Waals surface area contributed by atoms with Crippen molar-refractivity contribution < 1.29 is 19.1 Å². The lowest BCUT2D eigenvalue weighted by Crippen LogP contribution is -2.42. The highest BCUT2D eigenvalue weighted by molar-refractivity contribution is 7.81. The molecule has 2 aromatic carbocycles. The lowest BCUT2D eigenvalue weighted by Gasteiger charge is -2.26. The number of thiol groups is 1. The second-order valence-electron chi connectivity index (χ2n) is 7.74. The van der Waals surface area contributed by atoms with Gasteiger partial charge < -0.3 is 14.4 Å². The maximum atomic E-state index is 13.5. The van der Waals surface area contributed by atoms with Gasteiger partial charge in [-0.3, -0.25) is 9.59 Å². The summed E-state index contributed by atoms with van der Waals surface area (Å²) in [6, 6.07) is 12.8. The van der Waals surface area contributed by atoms with Crippen molar-refractivity contribution in [1.29, 1.82) is 0 Å². The number of rotatable bonds is 7. The fourth-order valence-corrected chi connectivity index (χ4v) is 4.08. The maximum Gasteiger partial charge on any atom is 0.315 e. The summed E-state index contributed by atoms with van der Waals surface area (Å²) in [5.74, 6) is -0.424. The second-order valence-corrected chi connectivity index (χ2v) is 8.90. The molecule has 0 spiro atoms. The van der Waals surface area contributed by atoms with Crippen molar-refractivity contribution in [2.24, 2.45) is 5.92 Å². The van der Waals surface area contributed by atoms with E-state index in [4.69, 9.17) is 32.7 Å². The van der Waals surface area contributed by atoms with Crippen LogP contribution in [-0.4, -0.2) is 36.9 Å². The van der Waals surface area contributed by atoms with Crippen molar-refractivity contribution in [3.05, 3.63) is 63.6 Å². The predicted molar refractivity (Wildman–Crippen MR) is 126 cm³/mol. The van der Waals surface area contributed by atoms with Crippen molar-refractivity contribution in [3.8, 4) is 0 Å². The molecule has 3 rings (SSSR count). The first-order chi connectivity index (χ1) is 14.8. The Bertz CT molecular complexity index is 953. The Kier molecular flexibility index (Phi) is 8.28. The van der Waals surface area contributed by atoms with Crippen molar-refractivity contribution in [2.75, 3.05) is 23.8 Å². The Morgan fingerprint density at radius 3 is 2.61 bits per heavy atom. The molecule has 166 valence electrons. The van der Waals surface area contributed by atoms with E-state index in [-0.39, 0.29) is 30.6 Å². The molecule has 31 heavy (non-hydrogen) atoms. The molecule has 0 bridgehead atoms. The fraction of sp³-hybridized carbons (Fsp3) is 0.391. The van der Waals surface area contributed by atoms with Gasteiger partial charge in [-0.05, 0) is 30.2 Å². The van der Waals surface area contributed by atoms with E-state index in [2.05, 4.69) is 12.6 Å². The van der Waals surface area contributed by atoms with Crippen molar-refractivity contribution in [3.63, 3.8) is 0 Å². The average Bonchev–Trinajstić information content (AvgIpc) is 2.84. The van der Waals surface area contributed by atoms with E-state index in [1.807, 2.05) is 44.2 Å². The molecule has 2 atom stereocenters. The molecule has 0 aliphatic carbocycles. The first kappa shape index (κ1) is 23.9. The van der Waals surface area contributed by atoms with Gasteiger partial charge >= 0.3 is 5.97 Å². The molecule has 2 unspecified atom stereocenters. The van der Waals surface area contributed by atoms with Crippen molar-refractivity contribution in [1.82, 2.24) is 0 Å². The summed E-state index contributed by atoms with van der Waals surface area (Å²) in [5.41, 5.74) is 2.25. The number of nitrogens with zero attached hydrogens (tertiary/aromatic N) is 1. The zero-order valence-electron chi connectivity index (χ0n) is 17.4. The average molecular weight is 482 g/mol. The quantitative estimate of drug-likeness (QED) is 0.428. The van der Waals surface area contributed by atoms with Crippen LogP contribution in [0.3, 0.4) is 0 Å². The molecular weight excluding hydrogens is 457 g/mol. The minimum Gasteiger partial charge on any atom is -0.465 e. The SMILES string of the molecule is CC(C)CN1C(=O)C(CCOC(=O)CS)OC(c2ccccc2Cl)c2cc(Cl)ccc21. The van der Waals surface area contributed by atoms with Gasteiger partial charge in [0.2, 0.25) is 0 Å². The Hall–Kier alpha value is -1.73. The van der Waals surface area contributed by atoms with E-state index >= 15 is 0 Å². The van der Waals surface area contributed by atoms with Gasteiger partial charge in [0.25, 0.3) is 5.91 Å². The Balaban J connectivity index is 2.06. The van der Waals surface area contributed by atoms with Gasteiger partial charge in [-0.2, -0.15) is 12.6 Å². The molecule has 5 nitrogen and oxygen atoms in total. The monoisotopic (exact) mass is 481 g/mol. The first-order valence-corrected chi connectivity index (χ1v) is 11.5. The van der Waals surface area contributed by atoms with Crippen LogP contribution in [0.5, 0.6) is 0 Å². The number of halogens is 2. The fourth-order valence-electron chi connectivity index (χ4n) is 3.57. The summed E-state index contributed by atoms with van der Waals surface area (Å²) < 4.78 is 11.5. The van der Waals surface area contributed by atoms with Crippen LogP contribution in [0.15, 0.2) is 42.5 Å². The van der Waals surface area contributed by atoms with Gasteiger partial charge in [-0.25, -0.2) is 0 Å². The Labute approximate surface area is 198 Å². The van der Waals surface area contributed by atoms with E-state index in [1.165, 1.54) is 0 Å². The number of carbonyl (C=O) groups excluding carboxylic acids is 2. The van der Waals surface area contributed by atoms with Gasteiger partial charge in [0.05, 0.1) is 12.4 Å². The number of amides is 1. The highest BCUT2D eigenvalue weighted by Crippen LogP contribution is 2.42.